The fourth-order valence-electron chi connectivity index (χ4n) is 4.08. The quantitative estimate of drug-likeness (QED) is 0.309. The first-order valence-electron chi connectivity index (χ1n) is 12.0. The molecule has 0 aliphatic heterocycles. The molecule has 2 aromatic heterocycles. The van der Waals surface area contributed by atoms with Gasteiger partial charge in [0.2, 0.25) is 5.91 Å². The van der Waals surface area contributed by atoms with Crippen molar-refractivity contribution in [2.24, 2.45) is 0 Å². The minimum atomic E-state index is -0.258. The van der Waals surface area contributed by atoms with Crippen LogP contribution in [-0.4, -0.2) is 44.6 Å². The highest BCUT2D eigenvalue weighted by Gasteiger charge is 2.10. The van der Waals surface area contributed by atoms with Gasteiger partial charge in [-0.15, -0.1) is 0 Å². The second kappa shape index (κ2) is 11.6. The van der Waals surface area contributed by atoms with Crippen LogP contribution in [0.1, 0.15) is 43.6 Å². The molecule has 7 nitrogen and oxygen atoms in total. The van der Waals surface area contributed by atoms with Gasteiger partial charge in [-0.3, -0.25) is 14.7 Å². The monoisotopic (exact) mass is 475 g/mol. The number of hydrogen-bond acceptors (Lipinski definition) is 4. The van der Waals surface area contributed by atoms with Crippen LogP contribution >= 0.6 is 0 Å². The molecule has 1 amide bonds. The first-order valence-corrected chi connectivity index (χ1v) is 12.0. The van der Waals surface area contributed by atoms with Crippen molar-refractivity contribution in [2.75, 3.05) is 13.6 Å². The van der Waals surface area contributed by atoms with E-state index in [9.17, 15) is 14.0 Å². The van der Waals surface area contributed by atoms with Crippen molar-refractivity contribution in [1.82, 2.24) is 25.1 Å². The summed E-state index contributed by atoms with van der Waals surface area (Å²) in [4.78, 5) is 33.7. The van der Waals surface area contributed by atoms with Gasteiger partial charge in [0.15, 0.2) is 0 Å². The summed E-state index contributed by atoms with van der Waals surface area (Å²) in [5.41, 5.74) is 3.28. The first-order chi connectivity index (χ1) is 17.0. The number of amides is 1. The van der Waals surface area contributed by atoms with Gasteiger partial charge in [0.05, 0.1) is 16.6 Å². The highest BCUT2D eigenvalue weighted by atomic mass is 19.1. The van der Waals surface area contributed by atoms with Crippen LogP contribution in [0.3, 0.4) is 0 Å². The fourth-order valence-corrected chi connectivity index (χ4v) is 4.08. The molecular weight excluding hydrogens is 445 g/mol. The first kappa shape index (κ1) is 24.3. The van der Waals surface area contributed by atoms with E-state index >= 15 is 0 Å². The van der Waals surface area contributed by atoms with E-state index in [1.54, 1.807) is 23.1 Å². The Labute approximate surface area is 203 Å². The molecule has 35 heavy (non-hydrogen) atoms. The lowest BCUT2D eigenvalue weighted by atomic mass is 10.1. The highest BCUT2D eigenvalue weighted by Crippen LogP contribution is 2.19. The summed E-state index contributed by atoms with van der Waals surface area (Å²) in [5, 5.41) is 7.94. The average molecular weight is 476 g/mol. The molecule has 2 N–H and O–H groups in total. The van der Waals surface area contributed by atoms with Crippen LogP contribution in [0, 0.1) is 5.82 Å². The molecule has 0 aliphatic carbocycles. The van der Waals surface area contributed by atoms with Gasteiger partial charge in [0, 0.05) is 37.7 Å². The number of benzene rings is 2. The smallest absolute Gasteiger partial charge is 0.258 e. The van der Waals surface area contributed by atoms with E-state index < -0.39 is 0 Å². The second-order valence-corrected chi connectivity index (χ2v) is 8.79. The van der Waals surface area contributed by atoms with E-state index in [0.717, 1.165) is 42.6 Å². The third kappa shape index (κ3) is 6.62. The lowest BCUT2D eigenvalue weighted by molar-refractivity contribution is -0.130. The zero-order valence-corrected chi connectivity index (χ0v) is 19.9. The van der Waals surface area contributed by atoms with Gasteiger partial charge in [-0.25, -0.2) is 9.37 Å². The van der Waals surface area contributed by atoms with Crippen LogP contribution in [0.5, 0.6) is 0 Å². The number of aryl methyl sites for hydroxylation is 2. The number of nitrogens with one attached hydrogen (secondary N) is 2. The Balaban J connectivity index is 1.13. The predicted molar refractivity (Wildman–Crippen MR) is 134 cm³/mol. The zero-order valence-electron chi connectivity index (χ0n) is 19.9. The minimum absolute atomic E-state index is 0.102. The Bertz CT molecular complexity index is 1330. The Morgan fingerprint density at radius 1 is 1.00 bits per heavy atom. The molecule has 0 fully saturated rings. The zero-order chi connectivity index (χ0) is 24.6. The number of carbonyl (C=O) groups is 1. The molecule has 182 valence electrons. The van der Waals surface area contributed by atoms with E-state index in [-0.39, 0.29) is 17.3 Å². The summed E-state index contributed by atoms with van der Waals surface area (Å²) in [7, 11) is 1.84. The number of fused-ring (bicyclic) bond motifs is 1. The Kier molecular flexibility index (Phi) is 8.03. The van der Waals surface area contributed by atoms with Crippen LogP contribution in [0.15, 0.2) is 59.4 Å². The van der Waals surface area contributed by atoms with Crippen LogP contribution < -0.4 is 5.56 Å². The number of aromatic nitrogens is 4. The van der Waals surface area contributed by atoms with Gasteiger partial charge in [-0.2, -0.15) is 5.10 Å². The molecule has 0 bridgehead atoms. The number of hydrogen-bond donors (Lipinski definition) is 2. The van der Waals surface area contributed by atoms with Crippen LogP contribution in [0.25, 0.3) is 22.2 Å². The van der Waals surface area contributed by atoms with Gasteiger partial charge in [-0.1, -0.05) is 18.6 Å². The summed E-state index contributed by atoms with van der Waals surface area (Å²) in [5.74, 6) is 0.461. The Morgan fingerprint density at radius 3 is 2.63 bits per heavy atom. The number of para-hydroxylation sites is 1. The van der Waals surface area contributed by atoms with Crippen molar-refractivity contribution in [3.05, 3.63) is 82.3 Å². The molecule has 2 aromatic carbocycles. The number of aromatic amines is 2. The van der Waals surface area contributed by atoms with E-state index in [1.165, 1.54) is 12.1 Å². The second-order valence-electron chi connectivity index (χ2n) is 8.79. The fraction of sp³-hybridized carbons (Fsp3) is 0.333. The molecule has 0 aliphatic rings. The molecule has 4 rings (SSSR count). The third-order valence-corrected chi connectivity index (χ3v) is 6.10. The van der Waals surface area contributed by atoms with Crippen molar-refractivity contribution in [3.8, 4) is 11.3 Å². The molecule has 2 heterocycles. The van der Waals surface area contributed by atoms with Crippen LogP contribution in [-0.2, 0) is 17.6 Å². The Morgan fingerprint density at radius 2 is 1.80 bits per heavy atom. The maximum Gasteiger partial charge on any atom is 0.258 e. The SMILES string of the molecule is CN(CCCCCc1cc(-c2ccc(F)cc2)n[nH]1)C(=O)CCCc1nc2ccccc2c(=O)[nH]1. The van der Waals surface area contributed by atoms with E-state index in [2.05, 4.69) is 20.2 Å². The molecule has 0 saturated carbocycles. The standard InChI is InChI=1S/C27H30FN5O2/c1-33(26(34)12-7-11-25-29-23-10-5-4-9-22(23)27(35)30-25)17-6-2-3-8-21-18-24(32-31-21)19-13-15-20(28)16-14-19/h4-5,9-10,13-16,18H,2-3,6-8,11-12,17H2,1H3,(H,31,32)(H,29,30,35). The number of rotatable bonds is 11. The lowest BCUT2D eigenvalue weighted by Crippen LogP contribution is -2.27. The molecule has 0 radical (unpaired) electrons. The largest absolute Gasteiger partial charge is 0.346 e. The number of H-pyrrole nitrogens is 2. The number of nitrogens with zero attached hydrogens (tertiary/aromatic N) is 3. The van der Waals surface area contributed by atoms with E-state index in [1.807, 2.05) is 31.3 Å². The normalized spacial score (nSPS) is 11.1. The van der Waals surface area contributed by atoms with Gasteiger partial charge >= 0.3 is 0 Å². The third-order valence-electron chi connectivity index (χ3n) is 6.10. The van der Waals surface area contributed by atoms with E-state index in [4.69, 9.17) is 0 Å². The number of halogens is 1. The molecular formula is C27H30FN5O2. The van der Waals surface area contributed by atoms with Gasteiger partial charge in [0.1, 0.15) is 11.6 Å². The van der Waals surface area contributed by atoms with Crippen molar-refractivity contribution >= 4 is 16.8 Å². The van der Waals surface area contributed by atoms with Crippen molar-refractivity contribution in [2.45, 2.75) is 44.9 Å². The van der Waals surface area contributed by atoms with Crippen molar-refractivity contribution in [1.29, 1.82) is 0 Å². The molecule has 0 unspecified atom stereocenters. The summed E-state index contributed by atoms with van der Waals surface area (Å²) in [6.07, 6.45) is 5.43. The molecule has 8 heteroatoms. The van der Waals surface area contributed by atoms with Crippen molar-refractivity contribution in [3.63, 3.8) is 0 Å². The summed E-state index contributed by atoms with van der Waals surface area (Å²) >= 11 is 0. The summed E-state index contributed by atoms with van der Waals surface area (Å²) in [6, 6.07) is 15.6. The minimum Gasteiger partial charge on any atom is -0.346 e. The predicted octanol–water partition coefficient (Wildman–Crippen LogP) is 4.65. The highest BCUT2D eigenvalue weighted by molar-refractivity contribution is 5.77. The maximum absolute atomic E-state index is 13.1. The van der Waals surface area contributed by atoms with Gasteiger partial charge in [-0.05, 0) is 68.1 Å². The topological polar surface area (TPSA) is 94.7 Å². The average Bonchev–Trinajstić information content (AvgIpc) is 3.33. The Hall–Kier alpha value is -3.81. The van der Waals surface area contributed by atoms with Crippen LogP contribution in [0.4, 0.5) is 4.39 Å². The molecule has 0 spiro atoms. The lowest BCUT2D eigenvalue weighted by Gasteiger charge is -2.17. The van der Waals surface area contributed by atoms with E-state index in [0.29, 0.717) is 42.5 Å². The van der Waals surface area contributed by atoms with Gasteiger partial charge < -0.3 is 9.88 Å². The summed E-state index contributed by atoms with van der Waals surface area (Å²) < 4.78 is 13.1. The number of unbranched alkanes of at least 4 members (excludes halogenated alkanes) is 2. The summed E-state index contributed by atoms with van der Waals surface area (Å²) in [6.45, 7) is 0.716. The van der Waals surface area contributed by atoms with Crippen molar-refractivity contribution < 1.29 is 9.18 Å². The molecule has 0 saturated heterocycles. The molecule has 4 aromatic rings. The molecule has 0 atom stereocenters. The van der Waals surface area contributed by atoms with Crippen LogP contribution in [0.2, 0.25) is 0 Å². The number of carbonyl (C=O) groups excluding carboxylic acids is 1. The van der Waals surface area contributed by atoms with Gasteiger partial charge in [0.25, 0.3) is 5.56 Å². The maximum atomic E-state index is 13.1.